The van der Waals surface area contributed by atoms with Crippen molar-refractivity contribution in [2.24, 2.45) is 0 Å². The van der Waals surface area contributed by atoms with Crippen LogP contribution < -0.4 is 5.32 Å². The number of carbonyl (C=O) groups excluding carboxylic acids is 2. The van der Waals surface area contributed by atoms with Gasteiger partial charge in [0, 0.05) is 12.4 Å². The van der Waals surface area contributed by atoms with Crippen LogP contribution in [0.25, 0.3) is 0 Å². The van der Waals surface area contributed by atoms with Gasteiger partial charge in [0.1, 0.15) is 18.4 Å². The second kappa shape index (κ2) is 9.46. The number of imidazole rings is 1. The highest BCUT2D eigenvalue weighted by atomic mass is 16.5. The van der Waals surface area contributed by atoms with Crippen LogP contribution in [0.3, 0.4) is 0 Å². The molecule has 0 bridgehead atoms. The Kier molecular flexibility index (Phi) is 7.00. The molecule has 1 unspecified atom stereocenters. The van der Waals surface area contributed by atoms with Gasteiger partial charge in [-0.2, -0.15) is 0 Å². The first-order chi connectivity index (χ1) is 12.2. The number of rotatable bonds is 9. The molecule has 1 atom stereocenters. The van der Waals surface area contributed by atoms with E-state index in [0.29, 0.717) is 12.2 Å². The van der Waals surface area contributed by atoms with E-state index in [1.807, 2.05) is 19.9 Å². The number of carbonyl (C=O) groups is 2. The van der Waals surface area contributed by atoms with Gasteiger partial charge in [-0.15, -0.1) is 0 Å². The number of ether oxygens (including phenoxy) is 1. The van der Waals surface area contributed by atoms with Crippen LogP contribution in [0.4, 0.5) is 0 Å². The zero-order valence-corrected chi connectivity index (χ0v) is 14.5. The molecule has 0 spiro atoms. The fourth-order valence-electron chi connectivity index (χ4n) is 2.37. The number of hydrogen-bond donors (Lipinski definition) is 1. The lowest BCUT2D eigenvalue weighted by Crippen LogP contribution is -2.30. The maximum Gasteiger partial charge on any atom is 0.329 e. The van der Waals surface area contributed by atoms with Crippen molar-refractivity contribution in [3.63, 3.8) is 0 Å². The summed E-state index contributed by atoms with van der Waals surface area (Å²) in [5.41, 5.74) is 0. The van der Waals surface area contributed by atoms with Crippen molar-refractivity contribution in [1.82, 2.24) is 14.9 Å². The lowest BCUT2D eigenvalue weighted by Gasteiger charge is -2.18. The van der Waals surface area contributed by atoms with Crippen molar-refractivity contribution in [2.75, 3.05) is 6.61 Å². The first-order valence-electron chi connectivity index (χ1n) is 8.28. The Labute approximate surface area is 146 Å². The van der Waals surface area contributed by atoms with Crippen molar-refractivity contribution in [3.8, 4) is 0 Å². The highest BCUT2D eigenvalue weighted by Gasteiger charge is 2.25. The fourth-order valence-corrected chi connectivity index (χ4v) is 2.37. The molecular formula is C18H23N3O4. The first kappa shape index (κ1) is 18.5. The number of furan rings is 1. The molecule has 0 radical (unpaired) electrons. The van der Waals surface area contributed by atoms with Gasteiger partial charge < -0.3 is 19.0 Å². The zero-order chi connectivity index (χ0) is 18.1. The Morgan fingerprint density at radius 1 is 1.48 bits per heavy atom. The summed E-state index contributed by atoms with van der Waals surface area (Å²) >= 11 is 0. The third-order valence-electron chi connectivity index (χ3n) is 3.60. The van der Waals surface area contributed by atoms with Gasteiger partial charge >= 0.3 is 5.97 Å². The fraction of sp³-hybridized carbons (Fsp3) is 0.389. The van der Waals surface area contributed by atoms with Crippen LogP contribution in [0.5, 0.6) is 0 Å². The van der Waals surface area contributed by atoms with Gasteiger partial charge in [-0.05, 0) is 25.5 Å². The quantitative estimate of drug-likeness (QED) is 0.558. The van der Waals surface area contributed by atoms with Gasteiger partial charge in [0.15, 0.2) is 5.82 Å². The Morgan fingerprint density at radius 3 is 3.00 bits per heavy atom. The van der Waals surface area contributed by atoms with Crippen molar-refractivity contribution < 1.29 is 18.7 Å². The molecule has 0 saturated heterocycles. The molecule has 0 aliphatic heterocycles. The van der Waals surface area contributed by atoms with Crippen molar-refractivity contribution >= 4 is 11.9 Å². The van der Waals surface area contributed by atoms with E-state index in [1.165, 1.54) is 6.20 Å². The first-order valence-corrected chi connectivity index (χ1v) is 8.28. The number of aromatic nitrogens is 2. The number of hydrogen-bond acceptors (Lipinski definition) is 5. The largest absolute Gasteiger partial charge is 0.467 e. The van der Waals surface area contributed by atoms with E-state index < -0.39 is 6.04 Å². The number of nitrogens with one attached hydrogen (secondary N) is 1. The van der Waals surface area contributed by atoms with E-state index in [2.05, 4.69) is 10.3 Å². The van der Waals surface area contributed by atoms with Gasteiger partial charge in [0.2, 0.25) is 0 Å². The number of nitrogens with zero attached hydrogens (tertiary/aromatic N) is 2. The maximum atomic E-state index is 12.4. The molecule has 1 N–H and O–H groups in total. The highest BCUT2D eigenvalue weighted by Crippen LogP contribution is 2.18. The van der Waals surface area contributed by atoms with Gasteiger partial charge in [-0.3, -0.25) is 4.79 Å². The van der Waals surface area contributed by atoms with Crippen LogP contribution in [0.1, 0.15) is 49.1 Å². The molecular weight excluding hydrogens is 322 g/mol. The topological polar surface area (TPSA) is 86.4 Å². The van der Waals surface area contributed by atoms with Gasteiger partial charge in [-0.1, -0.05) is 25.5 Å². The maximum absolute atomic E-state index is 12.4. The molecule has 25 heavy (non-hydrogen) atoms. The Bertz CT molecular complexity index is 704. The number of esters is 1. The Hall–Kier alpha value is -2.83. The van der Waals surface area contributed by atoms with Crippen LogP contribution >= 0.6 is 0 Å². The number of amides is 1. The summed E-state index contributed by atoms with van der Waals surface area (Å²) < 4.78 is 12.0. The Balaban J connectivity index is 2.09. The van der Waals surface area contributed by atoms with Crippen LogP contribution in [0.15, 0.2) is 47.4 Å². The van der Waals surface area contributed by atoms with Crippen LogP contribution in [-0.4, -0.2) is 28.0 Å². The Morgan fingerprint density at radius 2 is 2.32 bits per heavy atom. The minimum atomic E-state index is -0.581. The van der Waals surface area contributed by atoms with E-state index >= 15 is 0 Å². The molecule has 0 aromatic carbocycles. The molecule has 2 aromatic rings. The van der Waals surface area contributed by atoms with E-state index in [4.69, 9.17) is 9.15 Å². The predicted octanol–water partition coefficient (Wildman–Crippen LogP) is 2.87. The van der Waals surface area contributed by atoms with Gasteiger partial charge in [-0.25, -0.2) is 9.78 Å². The molecule has 1 amide bonds. The minimum absolute atomic E-state index is 0.174. The van der Waals surface area contributed by atoms with E-state index in [1.54, 1.807) is 35.2 Å². The molecule has 7 heteroatoms. The molecule has 2 aromatic heterocycles. The minimum Gasteiger partial charge on any atom is -0.467 e. The molecule has 7 nitrogen and oxygen atoms in total. The van der Waals surface area contributed by atoms with Crippen LogP contribution in [0.2, 0.25) is 0 Å². The lowest BCUT2D eigenvalue weighted by molar-refractivity contribution is -0.146. The van der Waals surface area contributed by atoms with Crippen LogP contribution in [0, 0.1) is 0 Å². The summed E-state index contributed by atoms with van der Waals surface area (Å²) in [5.74, 6) is 0.0668. The summed E-state index contributed by atoms with van der Waals surface area (Å²) in [6.45, 7) is 4.29. The molecule has 2 rings (SSSR count). The average molecular weight is 345 g/mol. The monoisotopic (exact) mass is 345 g/mol. The van der Waals surface area contributed by atoms with Crippen molar-refractivity contribution in [2.45, 2.75) is 39.3 Å². The molecule has 0 saturated carbocycles. The number of allylic oxidation sites excluding steroid dienone is 1. The standard InChI is InChI=1S/C18H23N3O4/c1-3-5-11-25-18(23)15(7-4-2)21-10-9-19-16(21)17(22)20-13-14-8-6-12-24-14/h3,5-6,8-10,12,15H,4,7,11,13H2,1-2H3,(H,20,22). The highest BCUT2D eigenvalue weighted by molar-refractivity contribution is 5.91. The average Bonchev–Trinajstić information content (AvgIpc) is 3.29. The molecule has 2 heterocycles. The summed E-state index contributed by atoms with van der Waals surface area (Å²) in [6, 6.07) is 2.94. The molecule has 0 aliphatic rings. The normalized spacial score (nSPS) is 12.2. The van der Waals surface area contributed by atoms with Crippen LogP contribution in [-0.2, 0) is 16.1 Å². The van der Waals surface area contributed by atoms with Gasteiger partial charge in [0.25, 0.3) is 5.91 Å². The smallest absolute Gasteiger partial charge is 0.329 e. The second-order valence-electron chi connectivity index (χ2n) is 5.42. The molecule has 0 aliphatic carbocycles. The second-order valence-corrected chi connectivity index (χ2v) is 5.42. The zero-order valence-electron chi connectivity index (χ0n) is 14.5. The van der Waals surface area contributed by atoms with Crippen molar-refractivity contribution in [1.29, 1.82) is 0 Å². The lowest BCUT2D eigenvalue weighted by atomic mass is 10.1. The summed E-state index contributed by atoms with van der Waals surface area (Å²) in [5, 5.41) is 2.74. The molecule has 134 valence electrons. The predicted molar refractivity (Wildman–Crippen MR) is 91.8 cm³/mol. The SMILES string of the molecule is CC=CCOC(=O)C(CCC)n1ccnc1C(=O)NCc1ccco1. The third kappa shape index (κ3) is 5.07. The van der Waals surface area contributed by atoms with E-state index in [9.17, 15) is 9.59 Å². The van der Waals surface area contributed by atoms with E-state index in [0.717, 1.165) is 6.42 Å². The molecule has 0 fully saturated rings. The summed E-state index contributed by atoms with van der Waals surface area (Å²) in [7, 11) is 0. The summed E-state index contributed by atoms with van der Waals surface area (Å²) in [6.07, 6.45) is 9.57. The van der Waals surface area contributed by atoms with Crippen molar-refractivity contribution in [3.05, 3.63) is 54.5 Å². The summed E-state index contributed by atoms with van der Waals surface area (Å²) in [4.78, 5) is 28.9. The van der Waals surface area contributed by atoms with E-state index in [-0.39, 0.29) is 30.9 Å². The van der Waals surface area contributed by atoms with Gasteiger partial charge in [0.05, 0.1) is 12.8 Å². The third-order valence-corrected chi connectivity index (χ3v) is 3.60.